The molecule has 0 aliphatic heterocycles. The molecule has 2 aromatic rings. The van der Waals surface area contributed by atoms with Gasteiger partial charge in [-0.3, -0.25) is 4.79 Å². The third-order valence-corrected chi connectivity index (χ3v) is 3.32. The molecule has 22 heavy (non-hydrogen) atoms. The maximum atomic E-state index is 12.0. The maximum Gasteiger partial charge on any atom is 0.251 e. The lowest BCUT2D eigenvalue weighted by atomic mass is 10.0. The third-order valence-electron chi connectivity index (χ3n) is 3.32. The molecule has 0 aliphatic rings. The Bertz CT molecular complexity index is 585. The van der Waals surface area contributed by atoms with Crippen molar-refractivity contribution in [1.82, 2.24) is 10.2 Å². The Labute approximate surface area is 138 Å². The molecule has 4 heteroatoms. The van der Waals surface area contributed by atoms with Crippen molar-refractivity contribution >= 4 is 18.3 Å². The number of carbonyl (C=O) groups is 1. The largest absolute Gasteiger partial charge is 0.352 e. The third kappa shape index (κ3) is 5.51. The number of rotatable bonds is 6. The Morgan fingerprint density at radius 2 is 1.55 bits per heavy atom. The molecule has 1 N–H and O–H groups in total. The van der Waals surface area contributed by atoms with Crippen molar-refractivity contribution < 1.29 is 4.79 Å². The van der Waals surface area contributed by atoms with Crippen molar-refractivity contribution in [3.63, 3.8) is 0 Å². The van der Waals surface area contributed by atoms with Gasteiger partial charge in [-0.25, -0.2) is 0 Å². The van der Waals surface area contributed by atoms with Gasteiger partial charge >= 0.3 is 0 Å². The van der Waals surface area contributed by atoms with E-state index in [1.807, 2.05) is 36.4 Å². The van der Waals surface area contributed by atoms with Gasteiger partial charge < -0.3 is 10.2 Å². The summed E-state index contributed by atoms with van der Waals surface area (Å²) >= 11 is 0. The molecule has 0 atom stereocenters. The summed E-state index contributed by atoms with van der Waals surface area (Å²) in [7, 11) is 4.13. The highest BCUT2D eigenvalue weighted by Crippen LogP contribution is 2.11. The van der Waals surface area contributed by atoms with Crippen LogP contribution in [0, 0.1) is 0 Å². The summed E-state index contributed by atoms with van der Waals surface area (Å²) in [5, 5.41) is 2.98. The van der Waals surface area contributed by atoms with Crippen molar-refractivity contribution in [2.24, 2.45) is 0 Å². The molecule has 1 amide bonds. The second kappa shape index (κ2) is 9.23. The normalized spacial score (nSPS) is 10.1. The number of benzene rings is 2. The Morgan fingerprint density at radius 1 is 0.955 bits per heavy atom. The topological polar surface area (TPSA) is 32.3 Å². The molecule has 2 aromatic carbocycles. The number of nitrogens with one attached hydrogen (secondary N) is 1. The molecule has 0 saturated carbocycles. The number of hydrogen-bond donors (Lipinski definition) is 1. The van der Waals surface area contributed by atoms with E-state index in [1.165, 1.54) is 11.1 Å². The minimum absolute atomic E-state index is 0. The fourth-order valence-electron chi connectivity index (χ4n) is 2.30. The molecule has 0 heterocycles. The summed E-state index contributed by atoms with van der Waals surface area (Å²) in [5.74, 6) is -0.0132. The summed E-state index contributed by atoms with van der Waals surface area (Å²) in [5.41, 5.74) is 3.31. The van der Waals surface area contributed by atoms with Crippen molar-refractivity contribution in [1.29, 1.82) is 0 Å². The molecule has 0 aromatic heterocycles. The number of hydrogen-bond acceptors (Lipinski definition) is 2. The zero-order valence-electron chi connectivity index (χ0n) is 13.1. The predicted molar refractivity (Wildman–Crippen MR) is 93.6 cm³/mol. The predicted octanol–water partition coefficient (Wildman–Crippen LogP) is 3.14. The van der Waals surface area contributed by atoms with Gasteiger partial charge in [-0.1, -0.05) is 42.5 Å². The van der Waals surface area contributed by atoms with Gasteiger partial charge in [0.25, 0.3) is 5.91 Å². The molecule has 0 unspecified atom stereocenters. The van der Waals surface area contributed by atoms with E-state index in [-0.39, 0.29) is 18.3 Å². The monoisotopic (exact) mass is 318 g/mol. The van der Waals surface area contributed by atoms with Crippen LogP contribution in [-0.2, 0) is 13.0 Å². The van der Waals surface area contributed by atoms with Gasteiger partial charge in [-0.15, -0.1) is 12.4 Å². The highest BCUT2D eigenvalue weighted by atomic mass is 35.5. The van der Waals surface area contributed by atoms with Crippen LogP contribution in [0.1, 0.15) is 21.5 Å². The van der Waals surface area contributed by atoms with Crippen molar-refractivity contribution in [2.75, 3.05) is 20.6 Å². The van der Waals surface area contributed by atoms with E-state index >= 15 is 0 Å². The molecular formula is C18H23ClN2O. The van der Waals surface area contributed by atoms with Gasteiger partial charge in [0.1, 0.15) is 0 Å². The van der Waals surface area contributed by atoms with Gasteiger partial charge in [0.2, 0.25) is 0 Å². The van der Waals surface area contributed by atoms with E-state index < -0.39 is 0 Å². The van der Waals surface area contributed by atoms with E-state index in [4.69, 9.17) is 0 Å². The van der Waals surface area contributed by atoms with E-state index in [9.17, 15) is 4.79 Å². The van der Waals surface area contributed by atoms with Crippen LogP contribution >= 0.6 is 12.4 Å². The number of halogens is 1. The molecule has 0 radical (unpaired) electrons. The van der Waals surface area contributed by atoms with Crippen LogP contribution < -0.4 is 5.32 Å². The molecule has 0 fully saturated rings. The maximum absolute atomic E-state index is 12.0. The molecule has 0 spiro atoms. The van der Waals surface area contributed by atoms with Crippen LogP contribution in [0.5, 0.6) is 0 Å². The minimum atomic E-state index is -0.0132. The molecule has 118 valence electrons. The zero-order valence-corrected chi connectivity index (χ0v) is 13.9. The smallest absolute Gasteiger partial charge is 0.251 e. The van der Waals surface area contributed by atoms with Crippen LogP contribution in [0.2, 0.25) is 0 Å². The van der Waals surface area contributed by atoms with E-state index in [2.05, 4.69) is 42.5 Å². The van der Waals surface area contributed by atoms with Gasteiger partial charge in [0, 0.05) is 18.7 Å². The average Bonchev–Trinajstić information content (AvgIpc) is 2.49. The number of nitrogens with zero attached hydrogens (tertiary/aromatic N) is 1. The summed E-state index contributed by atoms with van der Waals surface area (Å²) in [6.45, 7) is 1.57. The Morgan fingerprint density at radius 3 is 2.18 bits per heavy atom. The van der Waals surface area contributed by atoms with Crippen LogP contribution in [0.4, 0.5) is 0 Å². The van der Waals surface area contributed by atoms with Crippen molar-refractivity contribution in [3.8, 4) is 0 Å². The van der Waals surface area contributed by atoms with Crippen molar-refractivity contribution in [3.05, 3.63) is 71.3 Å². The molecule has 0 bridgehead atoms. The first kappa shape index (κ1) is 18.2. The second-order valence-corrected chi connectivity index (χ2v) is 5.38. The van der Waals surface area contributed by atoms with Gasteiger partial charge in [0.15, 0.2) is 0 Å². The molecule has 0 aliphatic carbocycles. The highest BCUT2D eigenvalue weighted by molar-refractivity contribution is 5.94. The average molecular weight is 319 g/mol. The Kier molecular flexibility index (Phi) is 7.64. The lowest BCUT2D eigenvalue weighted by Crippen LogP contribution is -2.26. The fourth-order valence-corrected chi connectivity index (χ4v) is 2.30. The molecule has 0 saturated heterocycles. The Balaban J connectivity index is 0.00000242. The molecule has 2 rings (SSSR count). The van der Waals surface area contributed by atoms with Gasteiger partial charge in [-0.05, 0) is 43.8 Å². The summed E-state index contributed by atoms with van der Waals surface area (Å²) in [6.07, 6.45) is 0.850. The fraction of sp³-hybridized carbons (Fsp3) is 0.278. The quantitative estimate of drug-likeness (QED) is 0.887. The lowest BCUT2D eigenvalue weighted by Gasteiger charge is -2.14. The standard InChI is InChI=1S/C18H22N2O.ClH/c1-20(2)14-17-11-7-6-8-15(17)12-13-19-18(21)16-9-4-3-5-10-16;/h3-11H,12-14H2,1-2H3,(H,19,21);1H. The number of amides is 1. The number of carbonyl (C=O) groups excluding carboxylic acids is 1. The second-order valence-electron chi connectivity index (χ2n) is 5.38. The lowest BCUT2D eigenvalue weighted by molar-refractivity contribution is 0.0954. The summed E-state index contributed by atoms with van der Waals surface area (Å²) < 4.78 is 0. The first-order chi connectivity index (χ1) is 10.2. The van der Waals surface area contributed by atoms with Gasteiger partial charge in [0.05, 0.1) is 0 Å². The van der Waals surface area contributed by atoms with Crippen molar-refractivity contribution in [2.45, 2.75) is 13.0 Å². The zero-order chi connectivity index (χ0) is 15.1. The summed E-state index contributed by atoms with van der Waals surface area (Å²) in [4.78, 5) is 14.1. The van der Waals surface area contributed by atoms with E-state index in [0.717, 1.165) is 13.0 Å². The SMILES string of the molecule is CN(C)Cc1ccccc1CCNC(=O)c1ccccc1.Cl. The van der Waals surface area contributed by atoms with Gasteiger partial charge in [-0.2, -0.15) is 0 Å². The Hall–Kier alpha value is -1.84. The van der Waals surface area contributed by atoms with Crippen LogP contribution in [0.25, 0.3) is 0 Å². The minimum Gasteiger partial charge on any atom is -0.352 e. The molecule has 3 nitrogen and oxygen atoms in total. The first-order valence-electron chi connectivity index (χ1n) is 7.21. The van der Waals surface area contributed by atoms with Crippen LogP contribution in [0.15, 0.2) is 54.6 Å². The van der Waals surface area contributed by atoms with E-state index in [0.29, 0.717) is 12.1 Å². The molecular weight excluding hydrogens is 296 g/mol. The highest BCUT2D eigenvalue weighted by Gasteiger charge is 2.06. The van der Waals surface area contributed by atoms with Crippen LogP contribution in [-0.4, -0.2) is 31.4 Å². The van der Waals surface area contributed by atoms with E-state index in [1.54, 1.807) is 0 Å². The first-order valence-corrected chi connectivity index (χ1v) is 7.21. The summed E-state index contributed by atoms with van der Waals surface area (Å²) in [6, 6.07) is 17.7. The van der Waals surface area contributed by atoms with Crippen LogP contribution in [0.3, 0.4) is 0 Å².